The highest BCUT2D eigenvalue weighted by molar-refractivity contribution is 5.12. The van der Waals surface area contributed by atoms with Crippen molar-refractivity contribution in [3.63, 3.8) is 0 Å². The molecule has 0 saturated carbocycles. The fourth-order valence-electron chi connectivity index (χ4n) is 2.65. The molecular weight excluding hydrogens is 188 g/mol. The van der Waals surface area contributed by atoms with E-state index >= 15 is 0 Å². The molecule has 0 bridgehead atoms. The number of nitrogens with one attached hydrogen (secondary N) is 1. The Morgan fingerprint density at radius 2 is 2.33 bits per heavy atom. The van der Waals surface area contributed by atoms with Gasteiger partial charge in [0.05, 0.1) is 5.69 Å². The van der Waals surface area contributed by atoms with E-state index in [-0.39, 0.29) is 0 Å². The molecule has 1 N–H and O–H groups in total. The maximum atomic E-state index is 5.18. The van der Waals surface area contributed by atoms with Gasteiger partial charge in [0.2, 0.25) is 0 Å². The molecule has 1 aliphatic rings. The number of hydrogen-bond donors (Lipinski definition) is 1. The molecule has 1 aromatic rings. The maximum Gasteiger partial charge on any atom is 0.133 e. The Bertz CT molecular complexity index is 313. The van der Waals surface area contributed by atoms with Gasteiger partial charge in [0.25, 0.3) is 0 Å². The lowest BCUT2D eigenvalue weighted by molar-refractivity contribution is 0.326. The van der Waals surface area contributed by atoms with Crippen LogP contribution in [0.1, 0.15) is 37.6 Å². The summed E-state index contributed by atoms with van der Waals surface area (Å²) >= 11 is 0. The molecule has 3 heteroatoms. The summed E-state index contributed by atoms with van der Waals surface area (Å²) in [7, 11) is 0. The summed E-state index contributed by atoms with van der Waals surface area (Å²) in [6, 6.07) is 2.09. The number of rotatable bonds is 3. The van der Waals surface area contributed by atoms with Crippen LogP contribution in [0.3, 0.4) is 0 Å². The van der Waals surface area contributed by atoms with E-state index in [1.165, 1.54) is 6.42 Å². The minimum Gasteiger partial charge on any atom is -0.361 e. The molecule has 2 rings (SSSR count). The highest BCUT2D eigenvalue weighted by atomic mass is 16.5. The number of nitrogens with zero attached hydrogens (tertiary/aromatic N) is 1. The molecule has 1 fully saturated rings. The molecule has 1 aromatic heterocycles. The van der Waals surface area contributed by atoms with E-state index in [4.69, 9.17) is 4.52 Å². The maximum absolute atomic E-state index is 5.18. The fourth-order valence-corrected chi connectivity index (χ4v) is 2.65. The summed E-state index contributed by atoms with van der Waals surface area (Å²) in [6.07, 6.45) is 1.26. The molecule has 84 valence electrons. The van der Waals surface area contributed by atoms with Crippen LogP contribution in [0.4, 0.5) is 0 Å². The molecule has 0 radical (unpaired) electrons. The molecule has 15 heavy (non-hydrogen) atoms. The van der Waals surface area contributed by atoms with Gasteiger partial charge in [0.1, 0.15) is 5.76 Å². The lowest BCUT2D eigenvalue weighted by atomic mass is 9.80. The Morgan fingerprint density at radius 1 is 1.53 bits per heavy atom. The third kappa shape index (κ3) is 2.23. The Morgan fingerprint density at radius 3 is 2.80 bits per heavy atom. The highest BCUT2D eigenvalue weighted by Gasteiger charge is 2.30. The zero-order valence-corrected chi connectivity index (χ0v) is 9.79. The predicted molar refractivity (Wildman–Crippen MR) is 59.8 cm³/mol. The van der Waals surface area contributed by atoms with Gasteiger partial charge in [-0.15, -0.1) is 0 Å². The smallest absolute Gasteiger partial charge is 0.133 e. The molecule has 0 aromatic carbocycles. The lowest BCUT2D eigenvalue weighted by Crippen LogP contribution is -2.21. The van der Waals surface area contributed by atoms with Crippen molar-refractivity contribution in [3.8, 4) is 0 Å². The normalized spacial score (nSPS) is 23.6. The van der Waals surface area contributed by atoms with Crippen LogP contribution in [0, 0.1) is 18.8 Å². The second kappa shape index (κ2) is 4.35. The van der Waals surface area contributed by atoms with Crippen LogP contribution in [0.2, 0.25) is 0 Å². The van der Waals surface area contributed by atoms with Crippen molar-refractivity contribution in [2.24, 2.45) is 11.8 Å². The van der Waals surface area contributed by atoms with Gasteiger partial charge >= 0.3 is 0 Å². The Kier molecular flexibility index (Phi) is 3.10. The summed E-state index contributed by atoms with van der Waals surface area (Å²) in [4.78, 5) is 0. The lowest BCUT2D eigenvalue weighted by Gasteiger charge is -2.24. The van der Waals surface area contributed by atoms with Gasteiger partial charge < -0.3 is 9.84 Å². The van der Waals surface area contributed by atoms with E-state index in [0.717, 1.165) is 30.5 Å². The van der Waals surface area contributed by atoms with Crippen molar-refractivity contribution in [2.75, 3.05) is 13.1 Å². The monoisotopic (exact) mass is 208 g/mol. The third-order valence-electron chi connectivity index (χ3n) is 3.31. The summed E-state index contributed by atoms with van der Waals surface area (Å²) < 4.78 is 5.18. The summed E-state index contributed by atoms with van der Waals surface area (Å²) in [5.41, 5.74) is 1.14. The first kappa shape index (κ1) is 10.7. The zero-order valence-electron chi connectivity index (χ0n) is 9.79. The second-order valence-corrected chi connectivity index (χ2v) is 4.89. The largest absolute Gasteiger partial charge is 0.361 e. The van der Waals surface area contributed by atoms with Crippen molar-refractivity contribution >= 4 is 0 Å². The molecule has 1 aliphatic heterocycles. The molecular formula is C12H20N2O. The van der Waals surface area contributed by atoms with Crippen LogP contribution in [-0.2, 0) is 0 Å². The van der Waals surface area contributed by atoms with E-state index in [2.05, 4.69) is 30.4 Å². The molecule has 1 saturated heterocycles. The van der Waals surface area contributed by atoms with Gasteiger partial charge in [-0.05, 0) is 38.3 Å². The minimum atomic E-state index is 0.539. The van der Waals surface area contributed by atoms with Crippen LogP contribution >= 0.6 is 0 Å². The first-order valence-corrected chi connectivity index (χ1v) is 5.82. The summed E-state index contributed by atoms with van der Waals surface area (Å²) in [6.45, 7) is 8.76. The first-order chi connectivity index (χ1) is 7.18. The summed E-state index contributed by atoms with van der Waals surface area (Å²) in [5.74, 6) is 2.80. The zero-order chi connectivity index (χ0) is 10.8. The molecule has 0 amide bonds. The van der Waals surface area contributed by atoms with Crippen LogP contribution in [0.15, 0.2) is 10.6 Å². The topological polar surface area (TPSA) is 38.1 Å². The highest BCUT2D eigenvalue weighted by Crippen LogP contribution is 2.34. The quantitative estimate of drug-likeness (QED) is 0.828. The Hall–Kier alpha value is -0.830. The Labute approximate surface area is 91.2 Å². The molecule has 0 spiro atoms. The van der Waals surface area contributed by atoms with Crippen LogP contribution in [0.5, 0.6) is 0 Å². The molecule has 2 heterocycles. The van der Waals surface area contributed by atoms with Crippen molar-refractivity contribution in [2.45, 2.75) is 33.1 Å². The van der Waals surface area contributed by atoms with Gasteiger partial charge in [-0.2, -0.15) is 0 Å². The van der Waals surface area contributed by atoms with Crippen molar-refractivity contribution in [1.29, 1.82) is 0 Å². The second-order valence-electron chi connectivity index (χ2n) is 4.89. The van der Waals surface area contributed by atoms with E-state index in [1.54, 1.807) is 0 Å². The van der Waals surface area contributed by atoms with E-state index in [9.17, 15) is 0 Å². The van der Waals surface area contributed by atoms with Gasteiger partial charge in [-0.1, -0.05) is 19.0 Å². The summed E-state index contributed by atoms with van der Waals surface area (Å²) in [5, 5.41) is 7.61. The van der Waals surface area contributed by atoms with E-state index in [1.807, 2.05) is 6.92 Å². The minimum absolute atomic E-state index is 0.539. The Balaban J connectivity index is 2.18. The molecule has 0 aliphatic carbocycles. The number of hydrogen-bond acceptors (Lipinski definition) is 3. The van der Waals surface area contributed by atoms with Crippen LogP contribution in [-0.4, -0.2) is 18.2 Å². The standard InChI is InChI=1S/C12H20N2O/c1-8(2)12(10-4-5-13-7-10)11-6-9(3)15-14-11/h6,8,10,12-13H,4-5,7H2,1-3H3. The first-order valence-electron chi connectivity index (χ1n) is 5.82. The van der Waals surface area contributed by atoms with Crippen LogP contribution < -0.4 is 5.32 Å². The van der Waals surface area contributed by atoms with Gasteiger partial charge in [0.15, 0.2) is 0 Å². The SMILES string of the molecule is Cc1cc(C(C(C)C)C2CCNC2)no1. The van der Waals surface area contributed by atoms with Crippen molar-refractivity contribution in [1.82, 2.24) is 10.5 Å². The fraction of sp³-hybridized carbons (Fsp3) is 0.750. The van der Waals surface area contributed by atoms with Gasteiger partial charge in [-0.25, -0.2) is 0 Å². The average Bonchev–Trinajstić information content (AvgIpc) is 2.77. The number of aromatic nitrogens is 1. The van der Waals surface area contributed by atoms with Crippen molar-refractivity contribution in [3.05, 3.63) is 17.5 Å². The molecule has 2 atom stereocenters. The van der Waals surface area contributed by atoms with E-state index in [0.29, 0.717) is 11.8 Å². The third-order valence-corrected chi connectivity index (χ3v) is 3.31. The molecule has 3 nitrogen and oxygen atoms in total. The predicted octanol–water partition coefficient (Wildman–Crippen LogP) is 2.33. The van der Waals surface area contributed by atoms with Crippen molar-refractivity contribution < 1.29 is 4.52 Å². The van der Waals surface area contributed by atoms with Gasteiger partial charge in [0, 0.05) is 12.0 Å². The molecule has 2 unspecified atom stereocenters. The average molecular weight is 208 g/mol. The van der Waals surface area contributed by atoms with E-state index < -0.39 is 0 Å². The van der Waals surface area contributed by atoms with Crippen LogP contribution in [0.25, 0.3) is 0 Å². The number of aryl methyl sites for hydroxylation is 1. The van der Waals surface area contributed by atoms with Gasteiger partial charge in [-0.3, -0.25) is 0 Å².